The summed E-state index contributed by atoms with van der Waals surface area (Å²) in [4.78, 5) is 3.34. The molecule has 0 saturated carbocycles. The third-order valence-electron chi connectivity index (χ3n) is 1.63. The lowest BCUT2D eigenvalue weighted by Crippen LogP contribution is -2.15. The van der Waals surface area contributed by atoms with E-state index in [1.165, 1.54) is 0 Å². The first kappa shape index (κ1) is 13.1. The summed E-state index contributed by atoms with van der Waals surface area (Å²) in [6.07, 6.45) is -2.88. The topological polar surface area (TPSA) is 82.3 Å². The number of hydrogen-bond acceptors (Lipinski definition) is 4. The van der Waals surface area contributed by atoms with Gasteiger partial charge in [0.2, 0.25) is 5.88 Å². The Morgan fingerprint density at radius 3 is 2.50 bits per heavy atom. The second-order valence-electron chi connectivity index (χ2n) is 2.72. The number of pyridine rings is 1. The molecule has 0 aromatic carbocycles. The molecule has 0 bridgehead atoms. The van der Waals surface area contributed by atoms with E-state index in [1.807, 2.05) is 0 Å². The number of nitrogens with two attached hydrogens (primary N) is 1. The minimum Gasteiger partial charge on any atom is -0.481 e. The molecule has 0 unspecified atom stereocenters. The summed E-state index contributed by atoms with van der Waals surface area (Å²) in [5.41, 5.74) is -0.597. The molecule has 16 heavy (non-hydrogen) atoms. The van der Waals surface area contributed by atoms with Crippen LogP contribution < -0.4 is 9.88 Å². The van der Waals surface area contributed by atoms with Crippen LogP contribution >= 0.6 is 11.6 Å². The fourth-order valence-corrected chi connectivity index (χ4v) is 2.01. The lowest BCUT2D eigenvalue weighted by Gasteiger charge is -2.09. The van der Waals surface area contributed by atoms with E-state index in [0.29, 0.717) is 0 Å². The zero-order valence-electron chi connectivity index (χ0n) is 7.95. The zero-order chi connectivity index (χ0) is 12.5. The second-order valence-corrected chi connectivity index (χ2v) is 4.60. The van der Waals surface area contributed by atoms with Gasteiger partial charge in [-0.1, -0.05) is 11.6 Å². The van der Waals surface area contributed by atoms with Crippen LogP contribution in [0.25, 0.3) is 0 Å². The van der Waals surface area contributed by atoms with Gasteiger partial charge < -0.3 is 4.74 Å². The van der Waals surface area contributed by atoms with Crippen molar-refractivity contribution >= 4 is 21.6 Å². The Morgan fingerprint density at radius 1 is 1.56 bits per heavy atom. The Balaban J connectivity index is 3.50. The Kier molecular flexibility index (Phi) is 3.66. The van der Waals surface area contributed by atoms with Crippen LogP contribution in [0.5, 0.6) is 5.88 Å². The number of halogens is 3. The maximum absolute atomic E-state index is 12.5. The van der Waals surface area contributed by atoms with E-state index in [2.05, 4.69) is 9.72 Å². The molecule has 0 aliphatic heterocycles. The van der Waals surface area contributed by atoms with Gasteiger partial charge in [0.1, 0.15) is 0 Å². The van der Waals surface area contributed by atoms with Crippen LogP contribution in [0.4, 0.5) is 8.78 Å². The maximum Gasteiger partial charge on any atom is 0.269 e. The molecule has 5 nitrogen and oxygen atoms in total. The molecule has 0 atom stereocenters. The van der Waals surface area contributed by atoms with Gasteiger partial charge in [-0.25, -0.2) is 22.3 Å². The molecular formula is C7H7ClF2N2O3S. The minimum atomic E-state index is -4.18. The molecule has 2 N–H and O–H groups in total. The highest BCUT2D eigenvalue weighted by Gasteiger charge is 2.23. The van der Waals surface area contributed by atoms with Crippen molar-refractivity contribution in [3.05, 3.63) is 16.7 Å². The van der Waals surface area contributed by atoms with Gasteiger partial charge >= 0.3 is 0 Å². The normalized spacial score (nSPS) is 11.9. The summed E-state index contributed by atoms with van der Waals surface area (Å²) < 4.78 is 51.4. The third-order valence-corrected chi connectivity index (χ3v) is 2.88. The van der Waals surface area contributed by atoms with E-state index >= 15 is 0 Å². The molecule has 1 aromatic rings. The van der Waals surface area contributed by atoms with Crippen LogP contribution in [-0.4, -0.2) is 20.5 Å². The predicted octanol–water partition coefficient (Wildman–Crippen LogP) is 1.33. The first-order chi connectivity index (χ1) is 7.27. The van der Waals surface area contributed by atoms with Gasteiger partial charge in [0.05, 0.1) is 17.7 Å². The predicted molar refractivity (Wildman–Crippen MR) is 52.1 cm³/mol. The Hall–Kier alpha value is -0.990. The van der Waals surface area contributed by atoms with Crippen LogP contribution in [0.2, 0.25) is 5.02 Å². The summed E-state index contributed by atoms with van der Waals surface area (Å²) in [6.45, 7) is 0. The van der Waals surface area contributed by atoms with Crippen molar-refractivity contribution in [1.29, 1.82) is 0 Å². The number of alkyl halides is 2. The summed E-state index contributed by atoms with van der Waals surface area (Å²) in [5.74, 6) is -0.525. The van der Waals surface area contributed by atoms with E-state index in [-0.39, 0.29) is 0 Å². The van der Waals surface area contributed by atoms with Gasteiger partial charge in [-0.05, 0) is 6.07 Å². The first-order valence-corrected chi connectivity index (χ1v) is 5.75. The van der Waals surface area contributed by atoms with Crippen molar-refractivity contribution in [3.63, 3.8) is 0 Å². The molecule has 1 heterocycles. The number of rotatable bonds is 3. The number of ether oxygens (including phenoxy) is 1. The van der Waals surface area contributed by atoms with Crippen molar-refractivity contribution in [3.8, 4) is 5.88 Å². The van der Waals surface area contributed by atoms with Gasteiger partial charge in [0.15, 0.2) is 5.03 Å². The van der Waals surface area contributed by atoms with E-state index in [9.17, 15) is 17.2 Å². The van der Waals surface area contributed by atoms with Crippen molar-refractivity contribution < 1.29 is 21.9 Å². The fourth-order valence-electron chi connectivity index (χ4n) is 0.990. The highest BCUT2D eigenvalue weighted by atomic mass is 35.5. The smallest absolute Gasteiger partial charge is 0.269 e. The molecular weight excluding hydrogens is 266 g/mol. The molecule has 0 radical (unpaired) electrons. The molecule has 0 aliphatic carbocycles. The molecule has 0 aliphatic rings. The SMILES string of the molecule is COc1nc(S(N)(=O)=O)c(Cl)cc1C(F)F. The zero-order valence-corrected chi connectivity index (χ0v) is 9.52. The molecule has 9 heteroatoms. The van der Waals surface area contributed by atoms with Crippen molar-refractivity contribution in [2.24, 2.45) is 5.14 Å². The Labute approximate surface area is 95.2 Å². The van der Waals surface area contributed by atoms with E-state index < -0.39 is 37.9 Å². The lowest BCUT2D eigenvalue weighted by molar-refractivity contribution is 0.145. The molecule has 90 valence electrons. The van der Waals surface area contributed by atoms with Crippen molar-refractivity contribution in [2.45, 2.75) is 11.5 Å². The molecule has 1 rings (SSSR count). The van der Waals surface area contributed by atoms with Crippen LogP contribution in [0, 0.1) is 0 Å². The Bertz CT molecular complexity index is 507. The highest BCUT2D eigenvalue weighted by molar-refractivity contribution is 7.89. The summed E-state index contributed by atoms with van der Waals surface area (Å²) >= 11 is 5.48. The number of methoxy groups -OCH3 is 1. The van der Waals surface area contributed by atoms with E-state index in [0.717, 1.165) is 13.2 Å². The summed E-state index contributed by atoms with van der Waals surface area (Å²) in [7, 11) is -3.10. The average Bonchev–Trinajstić information content (AvgIpc) is 2.15. The largest absolute Gasteiger partial charge is 0.481 e. The summed E-state index contributed by atoms with van der Waals surface area (Å²) in [6, 6.07) is 0.762. The number of aromatic nitrogens is 1. The van der Waals surface area contributed by atoms with Gasteiger partial charge in [-0.2, -0.15) is 4.98 Å². The number of primary sulfonamides is 1. The number of hydrogen-bond donors (Lipinski definition) is 1. The van der Waals surface area contributed by atoms with Gasteiger partial charge in [-0.15, -0.1) is 0 Å². The second kappa shape index (κ2) is 4.48. The third kappa shape index (κ3) is 2.57. The van der Waals surface area contributed by atoms with Crippen LogP contribution in [0.1, 0.15) is 12.0 Å². The maximum atomic E-state index is 12.5. The van der Waals surface area contributed by atoms with Gasteiger partial charge in [0, 0.05) is 0 Å². The number of sulfonamides is 1. The summed E-state index contributed by atoms with van der Waals surface area (Å²) in [5, 5.41) is 3.62. The van der Waals surface area contributed by atoms with E-state index in [1.54, 1.807) is 0 Å². The lowest BCUT2D eigenvalue weighted by atomic mass is 10.3. The van der Waals surface area contributed by atoms with Crippen molar-refractivity contribution in [1.82, 2.24) is 4.98 Å². The molecule has 0 saturated heterocycles. The molecule has 1 aromatic heterocycles. The fraction of sp³-hybridized carbons (Fsp3) is 0.286. The van der Waals surface area contributed by atoms with E-state index in [4.69, 9.17) is 16.7 Å². The standard InChI is InChI=1S/C7H7ClF2N2O3S/c1-15-6-3(5(9)10)2-4(8)7(12-6)16(11,13)14/h2,5H,1H3,(H2,11,13,14). The number of nitrogens with zero attached hydrogens (tertiary/aromatic N) is 1. The Morgan fingerprint density at radius 2 is 2.12 bits per heavy atom. The van der Waals surface area contributed by atoms with Crippen LogP contribution in [-0.2, 0) is 10.0 Å². The quantitative estimate of drug-likeness (QED) is 0.900. The minimum absolute atomic E-state index is 0.474. The molecule has 0 spiro atoms. The highest BCUT2D eigenvalue weighted by Crippen LogP contribution is 2.32. The van der Waals surface area contributed by atoms with Crippen molar-refractivity contribution in [2.75, 3.05) is 7.11 Å². The average molecular weight is 273 g/mol. The van der Waals surface area contributed by atoms with Crippen LogP contribution in [0.15, 0.2) is 11.1 Å². The van der Waals surface area contributed by atoms with Crippen LogP contribution in [0.3, 0.4) is 0 Å². The van der Waals surface area contributed by atoms with Gasteiger partial charge in [-0.3, -0.25) is 0 Å². The molecule has 0 fully saturated rings. The molecule has 0 amide bonds. The monoisotopic (exact) mass is 272 g/mol. The van der Waals surface area contributed by atoms with Gasteiger partial charge in [0.25, 0.3) is 16.4 Å². The first-order valence-electron chi connectivity index (χ1n) is 3.82.